The van der Waals surface area contributed by atoms with Crippen molar-refractivity contribution < 1.29 is 19.8 Å². The Bertz CT molecular complexity index is 1020. The fourth-order valence-corrected chi connectivity index (χ4v) is 2.70. The number of halogens is 1. The van der Waals surface area contributed by atoms with Gasteiger partial charge in [0, 0.05) is 16.8 Å². The average Bonchev–Trinajstić information content (AvgIpc) is 2.62. The number of nitrogen functional groups attached to an aromatic ring is 1. The summed E-state index contributed by atoms with van der Waals surface area (Å²) in [7, 11) is 0. The van der Waals surface area contributed by atoms with Crippen LogP contribution in [0.2, 0.25) is 0 Å². The molecule has 0 saturated carbocycles. The molecule has 3 aromatic rings. The van der Waals surface area contributed by atoms with Gasteiger partial charge >= 0.3 is 11.9 Å². The second-order valence-electron chi connectivity index (χ2n) is 5.75. The van der Waals surface area contributed by atoms with Crippen LogP contribution in [0.5, 0.6) is 0 Å². The van der Waals surface area contributed by atoms with Gasteiger partial charge in [-0.3, -0.25) is 0 Å². The normalized spacial score (nSPS) is 10.0. The van der Waals surface area contributed by atoms with Crippen LogP contribution in [-0.4, -0.2) is 32.1 Å². The van der Waals surface area contributed by atoms with Gasteiger partial charge in [0.05, 0.1) is 16.8 Å². The number of nitrogens with one attached hydrogen (secondary N) is 1. The number of nitrogens with zero attached hydrogens (tertiary/aromatic N) is 2. The molecular formula is C19H17ClN4O4. The van der Waals surface area contributed by atoms with Gasteiger partial charge in [-0.2, -0.15) is 4.98 Å². The smallest absolute Gasteiger partial charge is 0.336 e. The molecule has 0 atom stereocenters. The van der Waals surface area contributed by atoms with Gasteiger partial charge in [-0.25, -0.2) is 14.6 Å². The summed E-state index contributed by atoms with van der Waals surface area (Å²) in [6, 6.07) is 12.6. The molecule has 1 heterocycles. The number of rotatable bonds is 5. The lowest BCUT2D eigenvalue weighted by Crippen LogP contribution is -2.07. The molecule has 0 saturated heterocycles. The zero-order valence-corrected chi connectivity index (χ0v) is 15.5. The fraction of sp³-hybridized carbons (Fsp3) is 0.0526. The zero-order chi connectivity index (χ0) is 19.6. The molecule has 9 heteroatoms. The zero-order valence-electron chi connectivity index (χ0n) is 14.7. The van der Waals surface area contributed by atoms with E-state index in [1.165, 1.54) is 18.2 Å². The van der Waals surface area contributed by atoms with Gasteiger partial charge < -0.3 is 21.3 Å². The average molecular weight is 401 g/mol. The minimum absolute atomic E-state index is 0. The van der Waals surface area contributed by atoms with Gasteiger partial charge in [-0.1, -0.05) is 18.2 Å². The van der Waals surface area contributed by atoms with Crippen LogP contribution in [0.1, 0.15) is 26.4 Å². The first kappa shape index (κ1) is 20.7. The number of nitrogens with two attached hydrogens (primary N) is 1. The maximum atomic E-state index is 11.5. The monoisotopic (exact) mass is 400 g/mol. The van der Waals surface area contributed by atoms with Crippen molar-refractivity contribution in [2.24, 2.45) is 0 Å². The Balaban J connectivity index is 0.00000280. The van der Waals surface area contributed by atoms with Gasteiger partial charge in [0.1, 0.15) is 5.82 Å². The number of hydrogen-bond acceptors (Lipinski definition) is 6. The summed E-state index contributed by atoms with van der Waals surface area (Å²) in [4.78, 5) is 30.9. The van der Waals surface area contributed by atoms with Crippen LogP contribution in [0.15, 0.2) is 48.5 Å². The Morgan fingerprint density at radius 3 is 2.18 bits per heavy atom. The number of aromatic nitrogens is 2. The Labute approximate surface area is 166 Å². The highest BCUT2D eigenvalue weighted by molar-refractivity contribution is 5.98. The lowest BCUT2D eigenvalue weighted by molar-refractivity contribution is 0.0686. The van der Waals surface area contributed by atoms with Gasteiger partial charge in [0.25, 0.3) is 0 Å². The highest BCUT2D eigenvalue weighted by Gasteiger charge is 2.18. The molecule has 0 aliphatic carbocycles. The Kier molecular flexibility index (Phi) is 6.17. The highest BCUT2D eigenvalue weighted by Crippen LogP contribution is 2.31. The number of hydrogen-bond donors (Lipinski definition) is 4. The largest absolute Gasteiger partial charge is 0.478 e. The van der Waals surface area contributed by atoms with Crippen molar-refractivity contribution >= 4 is 41.8 Å². The first-order valence-corrected chi connectivity index (χ1v) is 7.94. The standard InChI is InChI=1S/C19H16N4O4.ClH/c1-10-15(13-4-2-3-5-14(13)18(26)27)16(20)23-19(21-10)22-12-8-6-11(7-9-12)17(24)25;/h2-9H,1H3,(H,24,25)(H,26,27)(H3,20,21,22,23);1H. The fourth-order valence-electron chi connectivity index (χ4n) is 2.70. The summed E-state index contributed by atoms with van der Waals surface area (Å²) in [6.07, 6.45) is 0. The van der Waals surface area contributed by atoms with Crippen LogP contribution in [-0.2, 0) is 0 Å². The van der Waals surface area contributed by atoms with E-state index in [4.69, 9.17) is 10.8 Å². The summed E-state index contributed by atoms with van der Waals surface area (Å²) in [5, 5.41) is 21.3. The third kappa shape index (κ3) is 4.18. The molecule has 0 bridgehead atoms. The molecule has 0 radical (unpaired) electrons. The maximum Gasteiger partial charge on any atom is 0.336 e. The number of anilines is 3. The lowest BCUT2D eigenvalue weighted by Gasteiger charge is -2.13. The third-order valence-electron chi connectivity index (χ3n) is 3.93. The molecule has 0 amide bonds. The number of aryl methyl sites for hydroxylation is 1. The summed E-state index contributed by atoms with van der Waals surface area (Å²) in [6.45, 7) is 1.71. The molecule has 0 fully saturated rings. The lowest BCUT2D eigenvalue weighted by atomic mass is 9.99. The molecule has 8 nitrogen and oxygen atoms in total. The van der Waals surface area contributed by atoms with Gasteiger partial charge in [0.2, 0.25) is 5.95 Å². The Morgan fingerprint density at radius 1 is 0.964 bits per heavy atom. The van der Waals surface area contributed by atoms with Crippen LogP contribution in [0.25, 0.3) is 11.1 Å². The van der Waals surface area contributed by atoms with E-state index in [0.717, 1.165) is 0 Å². The summed E-state index contributed by atoms with van der Waals surface area (Å²) >= 11 is 0. The van der Waals surface area contributed by atoms with Crippen LogP contribution < -0.4 is 11.1 Å². The number of carboxylic acid groups (broad SMARTS) is 2. The third-order valence-corrected chi connectivity index (χ3v) is 3.93. The Morgan fingerprint density at radius 2 is 1.61 bits per heavy atom. The second kappa shape index (κ2) is 8.36. The van der Waals surface area contributed by atoms with Crippen molar-refractivity contribution in [3.8, 4) is 11.1 Å². The van der Waals surface area contributed by atoms with E-state index >= 15 is 0 Å². The quantitative estimate of drug-likeness (QED) is 0.509. The van der Waals surface area contributed by atoms with E-state index in [1.54, 1.807) is 37.3 Å². The van der Waals surface area contributed by atoms with Crippen molar-refractivity contribution in [2.45, 2.75) is 6.92 Å². The minimum atomic E-state index is -1.06. The van der Waals surface area contributed by atoms with Gasteiger partial charge in [-0.15, -0.1) is 12.4 Å². The van der Waals surface area contributed by atoms with E-state index in [1.807, 2.05) is 0 Å². The SMILES string of the molecule is Cc1nc(Nc2ccc(C(=O)O)cc2)nc(N)c1-c1ccccc1C(=O)O.Cl. The highest BCUT2D eigenvalue weighted by atomic mass is 35.5. The molecule has 2 aromatic carbocycles. The molecule has 0 spiro atoms. The van der Waals surface area contributed by atoms with E-state index in [2.05, 4.69) is 15.3 Å². The molecule has 5 N–H and O–H groups in total. The molecule has 3 rings (SSSR count). The van der Waals surface area contributed by atoms with Crippen molar-refractivity contribution in [1.82, 2.24) is 9.97 Å². The number of aromatic carboxylic acids is 2. The van der Waals surface area contributed by atoms with Crippen LogP contribution in [0.4, 0.5) is 17.5 Å². The predicted octanol–water partition coefficient (Wildman–Crippen LogP) is 3.60. The molecule has 1 aromatic heterocycles. The van der Waals surface area contributed by atoms with E-state index < -0.39 is 11.9 Å². The van der Waals surface area contributed by atoms with Crippen molar-refractivity contribution in [3.63, 3.8) is 0 Å². The molecular weight excluding hydrogens is 384 g/mol. The molecule has 0 aliphatic rings. The van der Waals surface area contributed by atoms with Crippen molar-refractivity contribution in [3.05, 3.63) is 65.4 Å². The van der Waals surface area contributed by atoms with Crippen LogP contribution in [0.3, 0.4) is 0 Å². The van der Waals surface area contributed by atoms with Crippen LogP contribution >= 0.6 is 12.4 Å². The molecule has 28 heavy (non-hydrogen) atoms. The topological polar surface area (TPSA) is 138 Å². The van der Waals surface area contributed by atoms with E-state index in [-0.39, 0.29) is 35.3 Å². The number of carbonyl (C=O) groups is 2. The van der Waals surface area contributed by atoms with Crippen LogP contribution in [0, 0.1) is 6.92 Å². The predicted molar refractivity (Wildman–Crippen MR) is 108 cm³/mol. The number of carboxylic acids is 2. The Hall–Kier alpha value is -3.65. The molecule has 0 unspecified atom stereocenters. The first-order valence-electron chi connectivity index (χ1n) is 7.94. The van der Waals surface area contributed by atoms with Gasteiger partial charge in [0.15, 0.2) is 0 Å². The summed E-state index contributed by atoms with van der Waals surface area (Å²) in [5.41, 5.74) is 8.37. The molecule has 144 valence electrons. The first-order chi connectivity index (χ1) is 12.9. The van der Waals surface area contributed by atoms with Crippen molar-refractivity contribution in [2.75, 3.05) is 11.1 Å². The maximum absolute atomic E-state index is 11.5. The number of benzene rings is 2. The second-order valence-corrected chi connectivity index (χ2v) is 5.75. The minimum Gasteiger partial charge on any atom is -0.478 e. The van der Waals surface area contributed by atoms with E-state index in [9.17, 15) is 14.7 Å². The summed E-state index contributed by atoms with van der Waals surface area (Å²) < 4.78 is 0. The van der Waals surface area contributed by atoms with Gasteiger partial charge in [-0.05, 0) is 37.3 Å². The summed E-state index contributed by atoms with van der Waals surface area (Å²) in [5.74, 6) is -1.71. The van der Waals surface area contributed by atoms with Crippen molar-refractivity contribution in [1.29, 1.82) is 0 Å². The molecule has 0 aliphatic heterocycles. The van der Waals surface area contributed by atoms with E-state index in [0.29, 0.717) is 22.5 Å².